The second kappa shape index (κ2) is 4.16. The van der Waals surface area contributed by atoms with Gasteiger partial charge in [0.25, 0.3) is 0 Å². The molecule has 0 aliphatic rings. The summed E-state index contributed by atoms with van der Waals surface area (Å²) in [5, 5.41) is 9.11. The van der Waals surface area contributed by atoms with Crippen LogP contribution in [0.2, 0.25) is 0 Å². The molecule has 0 saturated carbocycles. The Hall–Kier alpha value is 0.210. The summed E-state index contributed by atoms with van der Waals surface area (Å²) in [4.78, 5) is 0. The number of ether oxygens (including phenoxy) is 1. The Morgan fingerprint density at radius 3 is 2.40 bits per heavy atom. The molecule has 0 aromatic carbocycles. The molecule has 0 bridgehead atoms. The molecule has 0 aromatic rings. The van der Waals surface area contributed by atoms with Gasteiger partial charge in [-0.2, -0.15) is 0 Å². The van der Waals surface area contributed by atoms with Gasteiger partial charge in [0.15, 0.2) is 0 Å². The van der Waals surface area contributed by atoms with Crippen LogP contribution in [0.3, 0.4) is 0 Å². The number of aliphatic hydroxyl groups excluding tert-OH is 1. The van der Waals surface area contributed by atoms with Crippen LogP contribution in [0.1, 0.15) is 20.3 Å². The van der Waals surface area contributed by atoms with Crippen LogP contribution in [0.15, 0.2) is 0 Å². The van der Waals surface area contributed by atoms with Gasteiger partial charge in [0.05, 0.1) is 11.7 Å². The highest BCUT2D eigenvalue weighted by molar-refractivity contribution is 6.18. The predicted molar refractivity (Wildman–Crippen MR) is 42.4 cm³/mol. The minimum atomic E-state index is -0.461. The first-order valence-electron chi connectivity index (χ1n) is 3.31. The normalized spacial score (nSPS) is 15.3. The van der Waals surface area contributed by atoms with Crippen LogP contribution >= 0.6 is 11.6 Å². The van der Waals surface area contributed by atoms with Crippen LogP contribution in [0, 0.1) is 0 Å². The molecule has 0 aliphatic carbocycles. The van der Waals surface area contributed by atoms with Crippen LogP contribution in [-0.4, -0.2) is 29.8 Å². The number of methoxy groups -OCH3 is 1. The van der Waals surface area contributed by atoms with Gasteiger partial charge in [-0.15, -0.1) is 11.6 Å². The SMILES string of the molecule is COC(C)(C)CC(O)CCl. The van der Waals surface area contributed by atoms with Gasteiger partial charge in [0, 0.05) is 19.4 Å². The lowest BCUT2D eigenvalue weighted by Gasteiger charge is -2.24. The van der Waals surface area contributed by atoms with Gasteiger partial charge in [-0.3, -0.25) is 0 Å². The Labute approximate surface area is 67.1 Å². The Balaban J connectivity index is 3.64. The zero-order chi connectivity index (χ0) is 8.20. The van der Waals surface area contributed by atoms with Crippen LogP contribution in [0.4, 0.5) is 0 Å². The number of alkyl halides is 1. The maximum Gasteiger partial charge on any atom is 0.0702 e. The third-order valence-electron chi connectivity index (χ3n) is 1.46. The van der Waals surface area contributed by atoms with Gasteiger partial charge < -0.3 is 9.84 Å². The summed E-state index contributed by atoms with van der Waals surface area (Å²) in [6, 6.07) is 0. The molecule has 0 aliphatic heterocycles. The lowest BCUT2D eigenvalue weighted by atomic mass is 10.0. The summed E-state index contributed by atoms with van der Waals surface area (Å²) >= 11 is 5.41. The smallest absolute Gasteiger partial charge is 0.0702 e. The Morgan fingerprint density at radius 1 is 1.60 bits per heavy atom. The van der Waals surface area contributed by atoms with Crippen molar-refractivity contribution >= 4 is 11.6 Å². The topological polar surface area (TPSA) is 29.5 Å². The first-order valence-corrected chi connectivity index (χ1v) is 3.84. The van der Waals surface area contributed by atoms with Crippen LogP contribution in [-0.2, 0) is 4.74 Å². The highest BCUT2D eigenvalue weighted by atomic mass is 35.5. The van der Waals surface area contributed by atoms with Gasteiger partial charge in [0.2, 0.25) is 0 Å². The molecule has 0 heterocycles. The van der Waals surface area contributed by atoms with Crippen LogP contribution in [0.5, 0.6) is 0 Å². The second-order valence-electron chi connectivity index (χ2n) is 2.98. The first kappa shape index (κ1) is 10.2. The summed E-state index contributed by atoms with van der Waals surface area (Å²) in [5.74, 6) is 0.271. The maximum absolute atomic E-state index is 9.11. The van der Waals surface area contributed by atoms with E-state index in [1.165, 1.54) is 0 Å². The fourth-order valence-corrected chi connectivity index (χ4v) is 0.814. The van der Waals surface area contributed by atoms with Crippen molar-refractivity contribution in [3.63, 3.8) is 0 Å². The predicted octanol–water partition coefficient (Wildman–Crippen LogP) is 1.40. The van der Waals surface area contributed by atoms with E-state index in [-0.39, 0.29) is 11.5 Å². The third kappa shape index (κ3) is 4.09. The zero-order valence-electron chi connectivity index (χ0n) is 6.72. The van der Waals surface area contributed by atoms with E-state index in [0.29, 0.717) is 6.42 Å². The Kier molecular flexibility index (Phi) is 4.25. The van der Waals surface area contributed by atoms with E-state index < -0.39 is 6.10 Å². The number of halogens is 1. The molecule has 0 radical (unpaired) electrons. The molecule has 0 spiro atoms. The van der Waals surface area contributed by atoms with Crippen molar-refractivity contribution in [2.45, 2.75) is 32.0 Å². The summed E-state index contributed by atoms with van der Waals surface area (Å²) in [7, 11) is 1.63. The lowest BCUT2D eigenvalue weighted by Crippen LogP contribution is -2.29. The largest absolute Gasteiger partial charge is 0.392 e. The minimum absolute atomic E-state index is 0.270. The minimum Gasteiger partial charge on any atom is -0.392 e. The van der Waals surface area contributed by atoms with E-state index in [1.807, 2.05) is 13.8 Å². The van der Waals surface area contributed by atoms with E-state index in [2.05, 4.69) is 0 Å². The molecule has 1 unspecified atom stereocenters. The first-order chi connectivity index (χ1) is 4.52. The van der Waals surface area contributed by atoms with Gasteiger partial charge in [-0.1, -0.05) is 0 Å². The van der Waals surface area contributed by atoms with Crippen LogP contribution in [0.25, 0.3) is 0 Å². The highest BCUT2D eigenvalue weighted by Gasteiger charge is 2.20. The molecular weight excluding hydrogens is 152 g/mol. The Morgan fingerprint density at radius 2 is 2.10 bits per heavy atom. The van der Waals surface area contributed by atoms with Crippen molar-refractivity contribution in [3.8, 4) is 0 Å². The van der Waals surface area contributed by atoms with Gasteiger partial charge in [-0.25, -0.2) is 0 Å². The molecule has 10 heavy (non-hydrogen) atoms. The molecule has 0 saturated heterocycles. The van der Waals surface area contributed by atoms with Gasteiger partial charge >= 0.3 is 0 Å². The molecule has 0 fully saturated rings. The van der Waals surface area contributed by atoms with Gasteiger partial charge in [0.1, 0.15) is 0 Å². The van der Waals surface area contributed by atoms with Crippen molar-refractivity contribution in [3.05, 3.63) is 0 Å². The molecule has 1 atom stereocenters. The summed E-state index contributed by atoms with van der Waals surface area (Å²) < 4.78 is 5.09. The Bertz CT molecular complexity index is 93.6. The van der Waals surface area contributed by atoms with Crippen molar-refractivity contribution in [1.82, 2.24) is 0 Å². The van der Waals surface area contributed by atoms with Crippen molar-refractivity contribution in [1.29, 1.82) is 0 Å². The number of rotatable bonds is 4. The molecule has 1 N–H and O–H groups in total. The summed E-state index contributed by atoms with van der Waals surface area (Å²) in [5.41, 5.74) is -0.270. The summed E-state index contributed by atoms with van der Waals surface area (Å²) in [6.45, 7) is 3.84. The average molecular weight is 167 g/mol. The van der Waals surface area contributed by atoms with E-state index in [4.69, 9.17) is 21.4 Å². The monoisotopic (exact) mass is 166 g/mol. The summed E-state index contributed by atoms with van der Waals surface area (Å²) in [6.07, 6.45) is 0.115. The average Bonchev–Trinajstić information content (AvgIpc) is 1.87. The molecule has 0 amide bonds. The van der Waals surface area contributed by atoms with Crippen molar-refractivity contribution in [2.24, 2.45) is 0 Å². The van der Waals surface area contributed by atoms with E-state index in [0.717, 1.165) is 0 Å². The highest BCUT2D eigenvalue weighted by Crippen LogP contribution is 2.15. The molecule has 0 rings (SSSR count). The molecule has 62 valence electrons. The number of hydrogen-bond donors (Lipinski definition) is 1. The second-order valence-corrected chi connectivity index (χ2v) is 3.28. The van der Waals surface area contributed by atoms with E-state index in [9.17, 15) is 0 Å². The molecular formula is C7H15ClO2. The molecule has 2 nitrogen and oxygen atoms in total. The standard InChI is InChI=1S/C7H15ClO2/c1-7(2,10-3)4-6(9)5-8/h6,9H,4-5H2,1-3H3. The molecule has 0 aromatic heterocycles. The van der Waals surface area contributed by atoms with E-state index >= 15 is 0 Å². The number of aliphatic hydroxyl groups is 1. The zero-order valence-corrected chi connectivity index (χ0v) is 7.48. The quantitative estimate of drug-likeness (QED) is 0.640. The molecule has 3 heteroatoms. The lowest BCUT2D eigenvalue weighted by molar-refractivity contribution is -0.0144. The third-order valence-corrected chi connectivity index (χ3v) is 1.81. The van der Waals surface area contributed by atoms with Crippen molar-refractivity contribution < 1.29 is 9.84 Å². The maximum atomic E-state index is 9.11. The fraction of sp³-hybridized carbons (Fsp3) is 1.00. The van der Waals surface area contributed by atoms with Gasteiger partial charge in [-0.05, 0) is 13.8 Å². The van der Waals surface area contributed by atoms with Crippen LogP contribution < -0.4 is 0 Å². The number of hydrogen-bond acceptors (Lipinski definition) is 2. The fourth-order valence-electron chi connectivity index (χ4n) is 0.705. The van der Waals surface area contributed by atoms with Crippen molar-refractivity contribution in [2.75, 3.05) is 13.0 Å². The van der Waals surface area contributed by atoms with E-state index in [1.54, 1.807) is 7.11 Å².